The highest BCUT2D eigenvalue weighted by atomic mass is 35.5. The lowest BCUT2D eigenvalue weighted by Gasteiger charge is -2.29. The molecule has 0 aliphatic carbocycles. The van der Waals surface area contributed by atoms with Crippen molar-refractivity contribution in [2.75, 3.05) is 13.2 Å². The lowest BCUT2D eigenvalue weighted by Crippen LogP contribution is -2.47. The van der Waals surface area contributed by atoms with E-state index in [4.69, 9.17) is 16.3 Å². The molecule has 1 heterocycles. The van der Waals surface area contributed by atoms with Gasteiger partial charge in [-0.05, 0) is 24.6 Å². The Balaban J connectivity index is 2.39. The normalized spacial score (nSPS) is 20.2. The number of nitrogens with zero attached hydrogens (tertiary/aromatic N) is 1. The lowest BCUT2D eigenvalue weighted by molar-refractivity contribution is -0.189. The molecule has 1 aliphatic rings. The number of halogens is 4. The molecule has 1 aromatic carbocycles. The minimum absolute atomic E-state index is 0.198. The minimum atomic E-state index is -4.31. The van der Waals surface area contributed by atoms with Crippen molar-refractivity contribution in [2.45, 2.75) is 39.0 Å². The van der Waals surface area contributed by atoms with Crippen molar-refractivity contribution < 1.29 is 17.9 Å². The highest BCUT2D eigenvalue weighted by molar-refractivity contribution is 6.32. The summed E-state index contributed by atoms with van der Waals surface area (Å²) in [5, 5.41) is 0.387. The van der Waals surface area contributed by atoms with Gasteiger partial charge in [-0.3, -0.25) is 4.90 Å². The number of rotatable bonds is 2. The first kappa shape index (κ1) is 15.4. The van der Waals surface area contributed by atoms with Gasteiger partial charge >= 0.3 is 6.18 Å². The van der Waals surface area contributed by atoms with Gasteiger partial charge in [0.15, 0.2) is 0 Å². The third-order valence-electron chi connectivity index (χ3n) is 3.57. The van der Waals surface area contributed by atoms with E-state index in [0.717, 1.165) is 17.5 Å². The summed E-state index contributed by atoms with van der Waals surface area (Å²) in [5.41, 5.74) is 1.72. The van der Waals surface area contributed by atoms with Crippen LogP contribution in [0, 0.1) is 0 Å². The lowest BCUT2D eigenvalue weighted by atomic mass is 10.1. The fourth-order valence-electron chi connectivity index (χ4n) is 2.43. The molecule has 0 fully saturated rings. The molecule has 1 unspecified atom stereocenters. The smallest absolute Gasteiger partial charge is 0.407 e. The monoisotopic (exact) mass is 307 g/mol. The van der Waals surface area contributed by atoms with Crippen molar-refractivity contribution in [3.63, 3.8) is 0 Å². The molecule has 6 heteroatoms. The SMILES string of the molecule is CCc1cc(Cl)c2c(c1)CN(CC)C(C(F)(F)F)CO2. The van der Waals surface area contributed by atoms with E-state index in [1.807, 2.05) is 13.0 Å². The molecule has 1 aromatic rings. The predicted molar refractivity (Wildman–Crippen MR) is 72.3 cm³/mol. The quantitative estimate of drug-likeness (QED) is 0.817. The van der Waals surface area contributed by atoms with Gasteiger partial charge in [0.1, 0.15) is 18.4 Å². The molecule has 2 rings (SSSR count). The average Bonchev–Trinajstić information content (AvgIpc) is 2.57. The first-order chi connectivity index (χ1) is 9.36. The van der Waals surface area contributed by atoms with Gasteiger partial charge in [-0.25, -0.2) is 0 Å². The number of aryl methyl sites for hydroxylation is 1. The molecular weight excluding hydrogens is 291 g/mol. The van der Waals surface area contributed by atoms with Crippen molar-refractivity contribution >= 4 is 11.6 Å². The number of alkyl halides is 3. The summed E-state index contributed by atoms with van der Waals surface area (Å²) < 4.78 is 44.6. The number of likely N-dealkylation sites (N-methyl/N-ethyl adjacent to an activating group) is 1. The maximum Gasteiger partial charge on any atom is 0.407 e. The van der Waals surface area contributed by atoms with Crippen molar-refractivity contribution in [1.82, 2.24) is 4.90 Å². The van der Waals surface area contributed by atoms with Gasteiger partial charge < -0.3 is 4.74 Å². The molecule has 0 amide bonds. The second-order valence-corrected chi connectivity index (χ2v) is 5.26. The van der Waals surface area contributed by atoms with E-state index in [0.29, 0.717) is 17.3 Å². The van der Waals surface area contributed by atoms with E-state index < -0.39 is 18.8 Å². The van der Waals surface area contributed by atoms with Crippen LogP contribution in [0.5, 0.6) is 5.75 Å². The van der Waals surface area contributed by atoms with Gasteiger partial charge in [0.25, 0.3) is 0 Å². The molecule has 0 bridgehead atoms. The van der Waals surface area contributed by atoms with Crippen molar-refractivity contribution in [3.05, 3.63) is 28.3 Å². The topological polar surface area (TPSA) is 12.5 Å². The Morgan fingerprint density at radius 2 is 2.05 bits per heavy atom. The number of ether oxygens (including phenoxy) is 1. The largest absolute Gasteiger partial charge is 0.490 e. The fourth-order valence-corrected chi connectivity index (χ4v) is 2.74. The third kappa shape index (κ3) is 3.04. The van der Waals surface area contributed by atoms with Crippen molar-refractivity contribution in [3.8, 4) is 5.75 Å². The molecular formula is C14H17ClF3NO. The van der Waals surface area contributed by atoms with Crippen LogP contribution in [0.4, 0.5) is 13.2 Å². The van der Waals surface area contributed by atoms with Crippen LogP contribution in [0.3, 0.4) is 0 Å². The Labute approximate surface area is 121 Å². The van der Waals surface area contributed by atoms with Crippen LogP contribution >= 0.6 is 11.6 Å². The Bertz CT molecular complexity index is 490. The minimum Gasteiger partial charge on any atom is -0.490 e. The van der Waals surface area contributed by atoms with Crippen LogP contribution in [-0.4, -0.2) is 30.3 Å². The number of fused-ring (bicyclic) bond motifs is 1. The molecule has 0 radical (unpaired) electrons. The molecule has 0 saturated carbocycles. The van der Waals surface area contributed by atoms with Gasteiger partial charge in [-0.15, -0.1) is 0 Å². The van der Waals surface area contributed by atoms with Crippen LogP contribution in [-0.2, 0) is 13.0 Å². The zero-order chi connectivity index (χ0) is 14.9. The van der Waals surface area contributed by atoms with Crippen molar-refractivity contribution in [2.24, 2.45) is 0 Å². The summed E-state index contributed by atoms with van der Waals surface area (Å²) in [4.78, 5) is 1.38. The van der Waals surface area contributed by atoms with Gasteiger partial charge in [0.05, 0.1) is 5.02 Å². The Morgan fingerprint density at radius 3 is 2.60 bits per heavy atom. The first-order valence-electron chi connectivity index (χ1n) is 6.61. The Morgan fingerprint density at radius 1 is 1.35 bits per heavy atom. The van der Waals surface area contributed by atoms with Crippen molar-refractivity contribution in [1.29, 1.82) is 0 Å². The summed E-state index contributed by atoms with van der Waals surface area (Å²) in [6.07, 6.45) is -3.53. The summed E-state index contributed by atoms with van der Waals surface area (Å²) in [7, 11) is 0. The molecule has 0 N–H and O–H groups in total. The fraction of sp³-hybridized carbons (Fsp3) is 0.571. The molecule has 0 aromatic heterocycles. The average molecular weight is 308 g/mol. The second kappa shape index (κ2) is 5.82. The van der Waals surface area contributed by atoms with Gasteiger partial charge in [0.2, 0.25) is 0 Å². The highest BCUT2D eigenvalue weighted by Gasteiger charge is 2.45. The predicted octanol–water partition coefficient (Wildman–Crippen LogP) is 4.05. The van der Waals surface area contributed by atoms with Gasteiger partial charge in [0, 0.05) is 12.1 Å². The summed E-state index contributed by atoms with van der Waals surface area (Å²) in [5.74, 6) is 0.383. The van der Waals surface area contributed by atoms with Crippen LogP contribution in [0.1, 0.15) is 25.0 Å². The van der Waals surface area contributed by atoms with Crippen LogP contribution in [0.25, 0.3) is 0 Å². The molecule has 20 heavy (non-hydrogen) atoms. The zero-order valence-corrected chi connectivity index (χ0v) is 12.2. The number of hydrogen-bond donors (Lipinski definition) is 0. The van der Waals surface area contributed by atoms with E-state index in [-0.39, 0.29) is 6.54 Å². The summed E-state index contributed by atoms with van der Waals surface area (Å²) in [6.45, 7) is 3.78. The van der Waals surface area contributed by atoms with E-state index in [1.165, 1.54) is 4.90 Å². The molecule has 0 spiro atoms. The van der Waals surface area contributed by atoms with Crippen LogP contribution < -0.4 is 4.74 Å². The second-order valence-electron chi connectivity index (χ2n) is 4.85. The van der Waals surface area contributed by atoms with Gasteiger partial charge in [-0.2, -0.15) is 13.2 Å². The van der Waals surface area contributed by atoms with E-state index in [1.54, 1.807) is 13.0 Å². The Hall–Kier alpha value is -0.940. The number of benzene rings is 1. The highest BCUT2D eigenvalue weighted by Crippen LogP contribution is 2.37. The zero-order valence-electron chi connectivity index (χ0n) is 11.4. The maximum absolute atomic E-state index is 13.1. The standard InChI is InChI=1S/C14H17ClF3NO/c1-3-9-5-10-7-19(4-2)12(14(16,17)18)8-20-13(10)11(15)6-9/h5-6,12H,3-4,7-8H2,1-2H3. The molecule has 1 aliphatic heterocycles. The summed E-state index contributed by atoms with van der Waals surface area (Å²) >= 11 is 6.13. The summed E-state index contributed by atoms with van der Waals surface area (Å²) in [6, 6.07) is 2.04. The maximum atomic E-state index is 13.1. The third-order valence-corrected chi connectivity index (χ3v) is 3.85. The van der Waals surface area contributed by atoms with E-state index in [9.17, 15) is 13.2 Å². The first-order valence-corrected chi connectivity index (χ1v) is 6.99. The van der Waals surface area contributed by atoms with Crippen LogP contribution in [0.15, 0.2) is 12.1 Å². The van der Waals surface area contributed by atoms with E-state index >= 15 is 0 Å². The molecule has 0 saturated heterocycles. The van der Waals surface area contributed by atoms with E-state index in [2.05, 4.69) is 0 Å². The number of hydrogen-bond acceptors (Lipinski definition) is 2. The van der Waals surface area contributed by atoms with Crippen LogP contribution in [0.2, 0.25) is 5.02 Å². The molecule has 2 nitrogen and oxygen atoms in total. The molecule has 1 atom stereocenters. The molecule has 112 valence electrons. The Kier molecular flexibility index (Phi) is 4.49. The van der Waals surface area contributed by atoms with Gasteiger partial charge in [-0.1, -0.05) is 31.5 Å².